The SMILES string of the molecule is CCNC(=NCc1ccc(S(=O)(=O)NC2CC2)cc1)NCC1(C)CCCO1. The standard InChI is InChI=1S/C19H30N4O3S/c1-3-20-18(22-14-19(2)11-4-12-26-19)21-13-15-5-9-17(10-6-15)27(24,25)23-16-7-8-16/h5-6,9-10,16,23H,3-4,7-8,11-14H2,1-2H3,(H2,20,21,22). The summed E-state index contributed by atoms with van der Waals surface area (Å²) >= 11 is 0. The van der Waals surface area contributed by atoms with Crippen LogP contribution in [0.4, 0.5) is 0 Å². The highest BCUT2D eigenvalue weighted by molar-refractivity contribution is 7.89. The predicted molar refractivity (Wildman–Crippen MR) is 106 cm³/mol. The number of nitrogens with one attached hydrogen (secondary N) is 3. The fraction of sp³-hybridized carbons (Fsp3) is 0.632. The average Bonchev–Trinajstić information content (AvgIpc) is 3.34. The Morgan fingerprint density at radius 3 is 2.59 bits per heavy atom. The maximum absolute atomic E-state index is 12.2. The molecule has 8 heteroatoms. The van der Waals surface area contributed by atoms with E-state index >= 15 is 0 Å². The van der Waals surface area contributed by atoms with E-state index in [2.05, 4.69) is 27.3 Å². The van der Waals surface area contributed by atoms with E-state index in [1.54, 1.807) is 12.1 Å². The zero-order chi connectivity index (χ0) is 19.3. The molecule has 1 saturated heterocycles. The zero-order valence-electron chi connectivity index (χ0n) is 16.1. The van der Waals surface area contributed by atoms with Crippen LogP contribution in [0.15, 0.2) is 34.2 Å². The van der Waals surface area contributed by atoms with Gasteiger partial charge in [0.2, 0.25) is 10.0 Å². The molecule has 27 heavy (non-hydrogen) atoms. The van der Waals surface area contributed by atoms with Crippen LogP contribution in [-0.4, -0.2) is 45.7 Å². The van der Waals surface area contributed by atoms with Crippen molar-refractivity contribution in [2.75, 3.05) is 19.7 Å². The van der Waals surface area contributed by atoms with Crippen molar-refractivity contribution in [2.24, 2.45) is 4.99 Å². The van der Waals surface area contributed by atoms with Gasteiger partial charge in [-0.25, -0.2) is 18.1 Å². The van der Waals surface area contributed by atoms with Crippen LogP contribution in [0.1, 0.15) is 45.1 Å². The van der Waals surface area contributed by atoms with E-state index < -0.39 is 10.0 Å². The van der Waals surface area contributed by atoms with Crippen molar-refractivity contribution in [3.8, 4) is 0 Å². The lowest BCUT2D eigenvalue weighted by molar-refractivity contribution is 0.0243. The van der Waals surface area contributed by atoms with Gasteiger partial charge in [-0.3, -0.25) is 0 Å². The number of hydrogen-bond acceptors (Lipinski definition) is 4. The molecule has 1 aromatic rings. The van der Waals surface area contributed by atoms with Crippen LogP contribution in [-0.2, 0) is 21.3 Å². The van der Waals surface area contributed by atoms with Crippen LogP contribution in [0.25, 0.3) is 0 Å². The predicted octanol–water partition coefficient (Wildman–Crippen LogP) is 1.75. The first kappa shape index (κ1) is 20.1. The van der Waals surface area contributed by atoms with Crippen LogP contribution in [0.3, 0.4) is 0 Å². The molecular formula is C19H30N4O3S. The van der Waals surface area contributed by atoms with E-state index in [4.69, 9.17) is 4.74 Å². The number of ether oxygens (including phenoxy) is 1. The number of nitrogens with zero attached hydrogens (tertiary/aromatic N) is 1. The first-order chi connectivity index (χ1) is 12.9. The molecule has 1 heterocycles. The normalized spacial score (nSPS) is 23.4. The van der Waals surface area contributed by atoms with Crippen molar-refractivity contribution in [1.29, 1.82) is 0 Å². The van der Waals surface area contributed by atoms with Gasteiger partial charge in [-0.05, 0) is 57.2 Å². The first-order valence-corrected chi connectivity index (χ1v) is 11.2. The Hall–Kier alpha value is -1.64. The summed E-state index contributed by atoms with van der Waals surface area (Å²) in [6.07, 6.45) is 3.99. The molecule has 7 nitrogen and oxygen atoms in total. The summed E-state index contributed by atoms with van der Waals surface area (Å²) in [5.41, 5.74) is 0.821. The molecule has 1 unspecified atom stereocenters. The molecular weight excluding hydrogens is 364 g/mol. The highest BCUT2D eigenvalue weighted by atomic mass is 32.2. The summed E-state index contributed by atoms with van der Waals surface area (Å²) in [7, 11) is -3.40. The van der Waals surface area contributed by atoms with Gasteiger partial charge in [-0.2, -0.15) is 0 Å². The van der Waals surface area contributed by atoms with Crippen molar-refractivity contribution in [3.05, 3.63) is 29.8 Å². The lowest BCUT2D eigenvalue weighted by Gasteiger charge is -2.24. The molecule has 0 aromatic heterocycles. The summed E-state index contributed by atoms with van der Waals surface area (Å²) < 4.78 is 32.9. The summed E-state index contributed by atoms with van der Waals surface area (Å²) in [5.74, 6) is 0.737. The Bertz CT molecular complexity index is 752. The zero-order valence-corrected chi connectivity index (χ0v) is 16.9. The summed E-state index contributed by atoms with van der Waals surface area (Å²) in [6, 6.07) is 7.03. The Labute approximate surface area is 162 Å². The smallest absolute Gasteiger partial charge is 0.240 e. The van der Waals surface area contributed by atoms with E-state index in [-0.39, 0.29) is 11.6 Å². The number of rotatable bonds is 8. The van der Waals surface area contributed by atoms with Gasteiger partial charge in [0.1, 0.15) is 0 Å². The molecule has 1 aliphatic heterocycles. The fourth-order valence-electron chi connectivity index (χ4n) is 3.02. The molecule has 1 atom stereocenters. The summed E-state index contributed by atoms with van der Waals surface area (Å²) in [5, 5.41) is 6.58. The van der Waals surface area contributed by atoms with Crippen molar-refractivity contribution in [2.45, 2.75) is 62.6 Å². The van der Waals surface area contributed by atoms with Crippen molar-refractivity contribution in [3.63, 3.8) is 0 Å². The molecule has 0 amide bonds. The van der Waals surface area contributed by atoms with Crippen molar-refractivity contribution in [1.82, 2.24) is 15.4 Å². The van der Waals surface area contributed by atoms with E-state index in [0.717, 1.165) is 50.4 Å². The summed E-state index contributed by atoms with van der Waals surface area (Å²) in [4.78, 5) is 4.90. The van der Waals surface area contributed by atoms with E-state index in [9.17, 15) is 8.42 Å². The van der Waals surface area contributed by atoms with Crippen molar-refractivity contribution < 1.29 is 13.2 Å². The Morgan fingerprint density at radius 2 is 2.00 bits per heavy atom. The number of sulfonamides is 1. The van der Waals surface area contributed by atoms with Gasteiger partial charge in [0.05, 0.1) is 17.0 Å². The second-order valence-electron chi connectivity index (χ2n) is 7.49. The second-order valence-corrected chi connectivity index (χ2v) is 9.20. The van der Waals surface area contributed by atoms with Crippen LogP contribution in [0, 0.1) is 0 Å². The lowest BCUT2D eigenvalue weighted by Crippen LogP contribution is -2.45. The number of benzene rings is 1. The van der Waals surface area contributed by atoms with Gasteiger partial charge < -0.3 is 15.4 Å². The minimum absolute atomic E-state index is 0.110. The molecule has 1 aliphatic carbocycles. The molecule has 0 radical (unpaired) electrons. The van der Waals surface area contributed by atoms with Crippen LogP contribution in [0.2, 0.25) is 0 Å². The lowest BCUT2D eigenvalue weighted by atomic mass is 10.0. The average molecular weight is 395 g/mol. The Balaban J connectivity index is 1.58. The molecule has 0 bridgehead atoms. The number of guanidine groups is 1. The molecule has 1 saturated carbocycles. The molecule has 1 aromatic carbocycles. The van der Waals surface area contributed by atoms with Crippen LogP contribution >= 0.6 is 0 Å². The molecule has 3 rings (SSSR count). The van der Waals surface area contributed by atoms with E-state index in [0.29, 0.717) is 18.0 Å². The molecule has 2 fully saturated rings. The first-order valence-electron chi connectivity index (χ1n) is 9.68. The Morgan fingerprint density at radius 1 is 1.26 bits per heavy atom. The highest BCUT2D eigenvalue weighted by Crippen LogP contribution is 2.24. The van der Waals surface area contributed by atoms with Gasteiger partial charge in [0.25, 0.3) is 0 Å². The van der Waals surface area contributed by atoms with Gasteiger partial charge >= 0.3 is 0 Å². The number of hydrogen-bond donors (Lipinski definition) is 3. The van der Waals surface area contributed by atoms with Crippen LogP contribution < -0.4 is 15.4 Å². The third-order valence-corrected chi connectivity index (χ3v) is 6.36. The molecule has 150 valence electrons. The minimum Gasteiger partial charge on any atom is -0.373 e. The molecule has 2 aliphatic rings. The quantitative estimate of drug-likeness (QED) is 0.462. The van der Waals surface area contributed by atoms with E-state index in [1.165, 1.54) is 0 Å². The summed E-state index contributed by atoms with van der Waals surface area (Å²) in [6.45, 7) is 6.92. The Kier molecular flexibility index (Phi) is 6.39. The minimum atomic E-state index is -3.40. The van der Waals surface area contributed by atoms with Gasteiger partial charge in [-0.15, -0.1) is 0 Å². The maximum Gasteiger partial charge on any atom is 0.240 e. The maximum atomic E-state index is 12.2. The third-order valence-electron chi connectivity index (χ3n) is 4.83. The van der Waals surface area contributed by atoms with Crippen LogP contribution in [0.5, 0.6) is 0 Å². The number of aliphatic imine (C=N–C) groups is 1. The van der Waals surface area contributed by atoms with Gasteiger partial charge in [0, 0.05) is 25.7 Å². The largest absolute Gasteiger partial charge is 0.373 e. The van der Waals surface area contributed by atoms with E-state index in [1.807, 2.05) is 19.1 Å². The molecule has 3 N–H and O–H groups in total. The van der Waals surface area contributed by atoms with Crippen molar-refractivity contribution >= 4 is 16.0 Å². The van der Waals surface area contributed by atoms with Gasteiger partial charge in [0.15, 0.2) is 5.96 Å². The fourth-order valence-corrected chi connectivity index (χ4v) is 4.33. The highest BCUT2D eigenvalue weighted by Gasteiger charge is 2.30. The third kappa shape index (κ3) is 5.92. The second kappa shape index (κ2) is 8.58. The molecule has 0 spiro atoms. The monoisotopic (exact) mass is 394 g/mol. The topological polar surface area (TPSA) is 91.8 Å². The van der Waals surface area contributed by atoms with Gasteiger partial charge in [-0.1, -0.05) is 12.1 Å².